The number of piperazine rings is 1. The number of alkyl halides is 2. The van der Waals surface area contributed by atoms with Crippen LogP contribution in [0.4, 0.5) is 14.5 Å². The monoisotopic (exact) mass is 533 g/mol. The minimum absolute atomic E-state index is 0.0126. The first-order chi connectivity index (χ1) is 14.8. The quantitative estimate of drug-likeness (QED) is 0.469. The van der Waals surface area contributed by atoms with Crippen molar-refractivity contribution in [1.29, 1.82) is 0 Å². The van der Waals surface area contributed by atoms with Gasteiger partial charge in [-0.25, -0.2) is 21.2 Å². The molecule has 5 nitrogen and oxygen atoms in total. The highest BCUT2D eigenvalue weighted by atomic mass is 79.9. The number of hydrogen-bond donors (Lipinski definition) is 1. The van der Waals surface area contributed by atoms with Crippen LogP contribution in [-0.2, 0) is 10.0 Å². The number of hydrogen-bond acceptors (Lipinski definition) is 4. The van der Waals surface area contributed by atoms with Gasteiger partial charge in [-0.2, -0.15) is 0 Å². The van der Waals surface area contributed by atoms with Crippen molar-refractivity contribution < 1.29 is 17.2 Å². The molecule has 1 saturated heterocycles. The van der Waals surface area contributed by atoms with E-state index in [0.29, 0.717) is 36.3 Å². The van der Waals surface area contributed by atoms with Gasteiger partial charge in [-0.1, -0.05) is 37.6 Å². The third kappa shape index (κ3) is 4.60. The average Bonchev–Trinajstić information content (AvgIpc) is 3.16. The molecule has 1 aliphatic rings. The van der Waals surface area contributed by atoms with Gasteiger partial charge in [0.25, 0.3) is 16.4 Å². The number of anilines is 1. The van der Waals surface area contributed by atoms with E-state index in [1.165, 1.54) is 12.1 Å². The number of nitrogens with zero attached hydrogens (tertiary/aromatic N) is 2. The second kappa shape index (κ2) is 9.85. The fraction of sp³-hybridized carbons (Fsp3) is 0.333. The lowest BCUT2D eigenvalue weighted by atomic mass is 10.1. The number of aromatic nitrogens is 1. The molecule has 4 rings (SSSR count). The van der Waals surface area contributed by atoms with Crippen LogP contribution in [0.3, 0.4) is 0 Å². The highest BCUT2D eigenvalue weighted by Crippen LogP contribution is 2.40. The van der Waals surface area contributed by atoms with Crippen LogP contribution in [0.5, 0.6) is 0 Å². The molecule has 1 fully saturated rings. The Kier molecular flexibility index (Phi) is 7.62. The van der Waals surface area contributed by atoms with Gasteiger partial charge < -0.3 is 10.2 Å². The van der Waals surface area contributed by atoms with Gasteiger partial charge in [0.2, 0.25) is 0 Å². The summed E-state index contributed by atoms with van der Waals surface area (Å²) < 4.78 is 55.8. The van der Waals surface area contributed by atoms with Gasteiger partial charge in [0.1, 0.15) is 4.90 Å². The zero-order chi connectivity index (χ0) is 22.8. The predicted octanol–water partition coefficient (Wildman–Crippen LogP) is 5.67. The maximum atomic E-state index is 13.9. The van der Waals surface area contributed by atoms with Crippen LogP contribution in [-0.4, -0.2) is 38.6 Å². The summed E-state index contributed by atoms with van der Waals surface area (Å²) in [6.45, 7) is 6.63. The lowest BCUT2D eigenvalue weighted by Crippen LogP contribution is -2.43. The Morgan fingerprint density at radius 2 is 1.77 bits per heavy atom. The van der Waals surface area contributed by atoms with Crippen molar-refractivity contribution in [2.45, 2.75) is 25.2 Å². The van der Waals surface area contributed by atoms with Gasteiger partial charge in [0, 0.05) is 58.5 Å². The largest absolute Gasteiger partial charge is 0.368 e. The van der Waals surface area contributed by atoms with E-state index in [1.807, 2.05) is 18.7 Å². The van der Waals surface area contributed by atoms with Crippen LogP contribution in [0.1, 0.15) is 25.8 Å². The molecule has 0 amide bonds. The summed E-state index contributed by atoms with van der Waals surface area (Å²) in [5.41, 5.74) is 0.322. The summed E-state index contributed by atoms with van der Waals surface area (Å²) in [6.07, 6.45) is -1.83. The zero-order valence-electron chi connectivity index (χ0n) is 17.1. The first kappa shape index (κ1) is 24.0. The topological polar surface area (TPSA) is 54.3 Å². The van der Waals surface area contributed by atoms with Crippen LogP contribution in [0.25, 0.3) is 10.9 Å². The molecule has 31 heavy (non-hydrogen) atoms. The number of rotatable bonds is 4. The Bertz CT molecular complexity index is 1180. The van der Waals surface area contributed by atoms with Crippen LogP contribution in [0.2, 0.25) is 5.02 Å². The van der Waals surface area contributed by atoms with Crippen molar-refractivity contribution in [1.82, 2.24) is 9.29 Å². The van der Waals surface area contributed by atoms with Crippen LogP contribution in [0.15, 0.2) is 52.0 Å². The number of nitrogens with one attached hydrogen (secondary N) is 1. The summed E-state index contributed by atoms with van der Waals surface area (Å²) in [5.74, 6) is 0. The van der Waals surface area contributed by atoms with Crippen LogP contribution in [0, 0.1) is 0 Å². The maximum Gasteiger partial charge on any atom is 0.269 e. The van der Waals surface area contributed by atoms with E-state index >= 15 is 0 Å². The van der Waals surface area contributed by atoms with Gasteiger partial charge in [-0.15, -0.1) is 0 Å². The molecule has 0 saturated carbocycles. The molecule has 1 aromatic heterocycles. The SMILES string of the molecule is CC.O=S(=O)(c1ccccc1Br)n1cc(C(F)F)c2c(N3CCNCC3)cc(Cl)cc21. The molecule has 0 aliphatic carbocycles. The summed E-state index contributed by atoms with van der Waals surface area (Å²) in [7, 11) is -4.13. The molecule has 3 aromatic rings. The van der Waals surface area contributed by atoms with E-state index in [-0.39, 0.29) is 26.4 Å². The fourth-order valence-corrected chi connectivity index (χ4v) is 6.13. The number of halogens is 4. The van der Waals surface area contributed by atoms with Gasteiger partial charge in [-0.3, -0.25) is 0 Å². The zero-order valence-corrected chi connectivity index (χ0v) is 20.2. The van der Waals surface area contributed by atoms with Gasteiger partial charge in [0.15, 0.2) is 0 Å². The Morgan fingerprint density at radius 1 is 1.13 bits per heavy atom. The number of benzene rings is 2. The third-order valence-corrected chi connectivity index (χ3v) is 7.81. The smallest absolute Gasteiger partial charge is 0.269 e. The highest BCUT2D eigenvalue weighted by Gasteiger charge is 2.29. The Morgan fingerprint density at radius 3 is 2.39 bits per heavy atom. The molecule has 1 aliphatic heterocycles. The van der Waals surface area contributed by atoms with Crippen LogP contribution >= 0.6 is 27.5 Å². The molecule has 2 heterocycles. The standard InChI is InChI=1S/C19H17BrClF2N3O2S.C2H6/c20-14-3-1-2-4-17(14)29(27,28)26-11-13(19(22)23)18-15(9-12(21)10-16(18)26)25-7-5-24-6-8-25;1-2/h1-4,9-11,19,24H,5-8H2;1-2H3. The molecule has 0 spiro atoms. The van der Waals surface area contributed by atoms with E-state index in [1.54, 1.807) is 24.3 Å². The van der Waals surface area contributed by atoms with Crippen molar-refractivity contribution in [2.24, 2.45) is 0 Å². The predicted molar refractivity (Wildman–Crippen MR) is 125 cm³/mol. The Hall–Kier alpha value is -1.68. The molecule has 2 aromatic carbocycles. The first-order valence-electron chi connectivity index (χ1n) is 9.89. The second-order valence-corrected chi connectivity index (χ2v) is 9.75. The van der Waals surface area contributed by atoms with Gasteiger partial charge >= 0.3 is 0 Å². The van der Waals surface area contributed by atoms with Crippen LogP contribution < -0.4 is 10.2 Å². The summed E-state index contributed by atoms with van der Waals surface area (Å²) in [4.78, 5) is 1.94. The van der Waals surface area contributed by atoms with Gasteiger partial charge in [0.05, 0.1) is 5.52 Å². The highest BCUT2D eigenvalue weighted by molar-refractivity contribution is 9.10. The van der Waals surface area contributed by atoms with Crippen molar-refractivity contribution >= 4 is 54.1 Å². The van der Waals surface area contributed by atoms with Crippen molar-refractivity contribution in [3.8, 4) is 0 Å². The van der Waals surface area contributed by atoms with E-state index in [2.05, 4.69) is 21.2 Å². The first-order valence-corrected chi connectivity index (χ1v) is 12.5. The Labute approximate surface area is 194 Å². The van der Waals surface area contributed by atoms with Gasteiger partial charge in [-0.05, 0) is 40.2 Å². The van der Waals surface area contributed by atoms with E-state index in [0.717, 1.165) is 10.2 Å². The third-order valence-electron chi connectivity index (χ3n) is 4.91. The summed E-state index contributed by atoms with van der Waals surface area (Å²) in [5, 5.41) is 3.71. The van der Waals surface area contributed by atoms with E-state index in [4.69, 9.17) is 11.6 Å². The molecule has 0 bridgehead atoms. The molecule has 1 N–H and O–H groups in total. The maximum absolute atomic E-state index is 13.9. The lowest BCUT2D eigenvalue weighted by Gasteiger charge is -2.30. The lowest BCUT2D eigenvalue weighted by molar-refractivity contribution is 0.153. The fourth-order valence-electron chi connectivity index (χ4n) is 3.59. The van der Waals surface area contributed by atoms with E-state index < -0.39 is 16.4 Å². The minimum atomic E-state index is -4.13. The molecular weight excluding hydrogens is 512 g/mol. The van der Waals surface area contributed by atoms with E-state index in [9.17, 15) is 17.2 Å². The number of fused-ring (bicyclic) bond motifs is 1. The minimum Gasteiger partial charge on any atom is -0.368 e. The van der Waals surface area contributed by atoms with Crippen molar-refractivity contribution in [3.63, 3.8) is 0 Å². The normalized spacial score (nSPS) is 14.6. The second-order valence-electron chi connectivity index (χ2n) is 6.67. The molecule has 0 radical (unpaired) electrons. The molecule has 0 unspecified atom stereocenters. The van der Waals surface area contributed by atoms with Crippen molar-refractivity contribution in [2.75, 3.05) is 31.1 Å². The molecule has 0 atom stereocenters. The molecule has 168 valence electrons. The summed E-state index contributed by atoms with van der Waals surface area (Å²) >= 11 is 9.52. The van der Waals surface area contributed by atoms with Crippen molar-refractivity contribution in [3.05, 3.63) is 57.7 Å². The Balaban J connectivity index is 0.00000132. The summed E-state index contributed by atoms with van der Waals surface area (Å²) in [6, 6.07) is 9.32. The average molecular weight is 535 g/mol. The molecular formula is C21H23BrClF2N3O2S. The molecule has 10 heteroatoms.